The zero-order valence-electron chi connectivity index (χ0n) is 6.47. The Morgan fingerprint density at radius 2 is 1.91 bits per heavy atom. The maximum absolute atomic E-state index is 5.50. The third kappa shape index (κ3) is 1.85. The summed E-state index contributed by atoms with van der Waals surface area (Å²) in [5, 5.41) is 3.27. The minimum atomic E-state index is -0.238. The fourth-order valence-electron chi connectivity index (χ4n) is 1.59. The van der Waals surface area contributed by atoms with Crippen molar-refractivity contribution in [3.8, 4) is 0 Å². The molecule has 0 aromatic heterocycles. The summed E-state index contributed by atoms with van der Waals surface area (Å²) in [6, 6.07) is 0. The van der Waals surface area contributed by atoms with Gasteiger partial charge in [0.25, 0.3) is 0 Å². The van der Waals surface area contributed by atoms with Gasteiger partial charge in [0.1, 0.15) is 0 Å². The molecule has 1 N–H and O–H groups in total. The third-order valence-electron chi connectivity index (χ3n) is 2.12. The van der Waals surface area contributed by atoms with Gasteiger partial charge in [0.15, 0.2) is 5.79 Å². The number of nitrogens with one attached hydrogen (secondary N) is 1. The van der Waals surface area contributed by atoms with Crippen LogP contribution in [0, 0.1) is 0 Å². The first kappa shape index (κ1) is 9.26. The second-order valence-electron chi connectivity index (χ2n) is 2.89. The molecule has 0 saturated carbocycles. The number of halogens is 1. The van der Waals surface area contributed by atoms with Crippen LogP contribution in [0.1, 0.15) is 12.8 Å². The summed E-state index contributed by atoms with van der Waals surface area (Å²) in [5.74, 6) is -0.238. The number of rotatable bonds is 0. The number of ether oxygens (including phenoxy) is 2. The molecule has 4 heteroatoms. The summed E-state index contributed by atoms with van der Waals surface area (Å²) >= 11 is 0. The highest BCUT2D eigenvalue weighted by Crippen LogP contribution is 2.25. The molecule has 0 radical (unpaired) electrons. The number of hydrogen-bond donors (Lipinski definition) is 1. The Balaban J connectivity index is 0.000000605. The van der Waals surface area contributed by atoms with Gasteiger partial charge in [0.05, 0.1) is 13.2 Å². The van der Waals surface area contributed by atoms with E-state index in [0.717, 1.165) is 32.7 Å². The van der Waals surface area contributed by atoms with Crippen molar-refractivity contribution >= 4 is 12.4 Å². The largest absolute Gasteiger partial charge is 0.346 e. The molecule has 2 saturated heterocycles. The Labute approximate surface area is 72.8 Å². The summed E-state index contributed by atoms with van der Waals surface area (Å²) in [5.41, 5.74) is 0. The van der Waals surface area contributed by atoms with Gasteiger partial charge in [-0.3, -0.25) is 0 Å². The molecule has 0 aliphatic carbocycles. The van der Waals surface area contributed by atoms with Crippen molar-refractivity contribution in [2.45, 2.75) is 18.6 Å². The summed E-state index contributed by atoms with van der Waals surface area (Å²) in [7, 11) is 0. The van der Waals surface area contributed by atoms with E-state index in [9.17, 15) is 0 Å². The first-order chi connectivity index (χ1) is 4.91. The first-order valence-corrected chi connectivity index (χ1v) is 3.90. The van der Waals surface area contributed by atoms with E-state index < -0.39 is 0 Å². The van der Waals surface area contributed by atoms with Crippen LogP contribution >= 0.6 is 12.4 Å². The summed E-state index contributed by atoms with van der Waals surface area (Å²) in [6.45, 7) is 3.50. The monoisotopic (exact) mass is 179 g/mol. The molecule has 11 heavy (non-hydrogen) atoms. The van der Waals surface area contributed by atoms with E-state index in [1.807, 2.05) is 0 Å². The van der Waals surface area contributed by atoms with Crippen LogP contribution in [0.2, 0.25) is 0 Å². The molecule has 0 amide bonds. The molecule has 1 spiro atoms. The van der Waals surface area contributed by atoms with Crippen LogP contribution in [0.25, 0.3) is 0 Å². The lowest BCUT2D eigenvalue weighted by Crippen LogP contribution is -2.46. The van der Waals surface area contributed by atoms with Crippen molar-refractivity contribution in [3.05, 3.63) is 0 Å². The average molecular weight is 180 g/mol. The van der Waals surface area contributed by atoms with Gasteiger partial charge in [-0.2, -0.15) is 0 Å². The molecule has 66 valence electrons. The lowest BCUT2D eigenvalue weighted by molar-refractivity contribution is -0.166. The van der Waals surface area contributed by atoms with Gasteiger partial charge < -0.3 is 14.8 Å². The van der Waals surface area contributed by atoms with Crippen LogP contribution in [0.5, 0.6) is 0 Å². The SMILES string of the molecule is C1CNCC2(C1)OCCO2.Cl. The van der Waals surface area contributed by atoms with Crippen molar-refractivity contribution < 1.29 is 9.47 Å². The third-order valence-corrected chi connectivity index (χ3v) is 2.12. The fraction of sp³-hybridized carbons (Fsp3) is 1.00. The molecule has 3 nitrogen and oxygen atoms in total. The van der Waals surface area contributed by atoms with Crippen molar-refractivity contribution in [2.75, 3.05) is 26.3 Å². The van der Waals surface area contributed by atoms with E-state index in [1.54, 1.807) is 0 Å². The highest BCUT2D eigenvalue weighted by atomic mass is 35.5. The Hall–Kier alpha value is 0.170. The van der Waals surface area contributed by atoms with Crippen LogP contribution in [0.3, 0.4) is 0 Å². The summed E-state index contributed by atoms with van der Waals surface area (Å²) in [6.07, 6.45) is 2.22. The zero-order valence-corrected chi connectivity index (χ0v) is 7.28. The molecule has 0 atom stereocenters. The van der Waals surface area contributed by atoms with E-state index >= 15 is 0 Å². The Morgan fingerprint density at radius 1 is 1.18 bits per heavy atom. The molecule has 2 heterocycles. The van der Waals surface area contributed by atoms with Crippen molar-refractivity contribution in [2.24, 2.45) is 0 Å². The normalized spacial score (nSPS) is 28.4. The molecular weight excluding hydrogens is 166 g/mol. The van der Waals surface area contributed by atoms with E-state index in [-0.39, 0.29) is 18.2 Å². The van der Waals surface area contributed by atoms with Crippen LogP contribution in [0.15, 0.2) is 0 Å². The van der Waals surface area contributed by atoms with E-state index in [1.165, 1.54) is 6.42 Å². The van der Waals surface area contributed by atoms with E-state index in [4.69, 9.17) is 9.47 Å². The van der Waals surface area contributed by atoms with E-state index in [0.29, 0.717) is 0 Å². The molecule has 2 rings (SSSR count). The topological polar surface area (TPSA) is 30.5 Å². The van der Waals surface area contributed by atoms with Crippen LogP contribution in [-0.2, 0) is 9.47 Å². The van der Waals surface area contributed by atoms with Gasteiger partial charge in [0.2, 0.25) is 0 Å². The Kier molecular flexibility index (Phi) is 3.13. The number of hydrogen-bond acceptors (Lipinski definition) is 3. The standard InChI is InChI=1S/C7H13NO2.ClH/c1-2-7(6-8-3-1)9-4-5-10-7;/h8H,1-6H2;1H. The Bertz CT molecular complexity index is 118. The quantitative estimate of drug-likeness (QED) is 0.589. The van der Waals surface area contributed by atoms with Gasteiger partial charge in [-0.1, -0.05) is 0 Å². The van der Waals surface area contributed by atoms with E-state index in [2.05, 4.69) is 5.32 Å². The highest BCUT2D eigenvalue weighted by molar-refractivity contribution is 5.85. The van der Waals surface area contributed by atoms with Crippen LogP contribution < -0.4 is 5.32 Å². The van der Waals surface area contributed by atoms with Crippen LogP contribution in [-0.4, -0.2) is 32.1 Å². The fourth-order valence-corrected chi connectivity index (χ4v) is 1.59. The molecule has 0 aromatic carbocycles. The summed E-state index contributed by atoms with van der Waals surface area (Å²) in [4.78, 5) is 0. The minimum Gasteiger partial charge on any atom is -0.346 e. The predicted molar refractivity (Wildman–Crippen MR) is 44.0 cm³/mol. The summed E-state index contributed by atoms with van der Waals surface area (Å²) < 4.78 is 11.0. The second kappa shape index (κ2) is 3.72. The molecule has 0 bridgehead atoms. The maximum Gasteiger partial charge on any atom is 0.180 e. The lowest BCUT2D eigenvalue weighted by Gasteiger charge is -2.31. The second-order valence-corrected chi connectivity index (χ2v) is 2.89. The van der Waals surface area contributed by atoms with Gasteiger partial charge in [-0.05, 0) is 13.0 Å². The zero-order chi connectivity index (χ0) is 6.86. The van der Waals surface area contributed by atoms with Gasteiger partial charge in [-0.25, -0.2) is 0 Å². The number of piperidine rings is 1. The van der Waals surface area contributed by atoms with Gasteiger partial charge >= 0.3 is 0 Å². The molecule has 2 aliphatic rings. The van der Waals surface area contributed by atoms with Crippen molar-refractivity contribution in [1.29, 1.82) is 0 Å². The van der Waals surface area contributed by atoms with Crippen molar-refractivity contribution in [1.82, 2.24) is 5.32 Å². The molecule has 0 unspecified atom stereocenters. The predicted octanol–water partition coefficient (Wildman–Crippen LogP) is 0.535. The minimum absolute atomic E-state index is 0. The smallest absolute Gasteiger partial charge is 0.180 e. The molecule has 2 fully saturated rings. The average Bonchev–Trinajstić information content (AvgIpc) is 2.39. The molecular formula is C7H14ClNO2. The van der Waals surface area contributed by atoms with Crippen molar-refractivity contribution in [3.63, 3.8) is 0 Å². The van der Waals surface area contributed by atoms with Crippen LogP contribution in [0.4, 0.5) is 0 Å². The first-order valence-electron chi connectivity index (χ1n) is 3.90. The molecule has 2 aliphatic heterocycles. The van der Waals surface area contributed by atoms with Gasteiger partial charge in [0, 0.05) is 13.0 Å². The lowest BCUT2D eigenvalue weighted by atomic mass is 10.1. The Morgan fingerprint density at radius 3 is 2.45 bits per heavy atom. The maximum atomic E-state index is 5.50. The van der Waals surface area contributed by atoms with Gasteiger partial charge in [-0.15, -0.1) is 12.4 Å². The highest BCUT2D eigenvalue weighted by Gasteiger charge is 2.37. The molecule has 0 aromatic rings.